The molecule has 0 amide bonds. The van der Waals surface area contributed by atoms with Crippen molar-refractivity contribution in [3.8, 4) is 0 Å². The van der Waals surface area contributed by atoms with Crippen LogP contribution < -0.4 is 164 Å². The van der Waals surface area contributed by atoms with Gasteiger partial charge in [0.25, 0.3) is 0 Å². The maximum atomic E-state index is 8.64. The van der Waals surface area contributed by atoms with Crippen LogP contribution in [0.15, 0.2) is 0 Å². The van der Waals surface area contributed by atoms with E-state index in [4.69, 9.17) is 13.2 Å². The van der Waals surface area contributed by atoms with Crippen LogP contribution in [-0.4, -0.2) is 20.1 Å². The van der Waals surface area contributed by atoms with Crippen molar-refractivity contribution in [3.05, 3.63) is 0 Å². The van der Waals surface area contributed by atoms with Gasteiger partial charge in [0, 0.05) is 0 Å². The molecule has 0 atom stereocenters. The molecule has 9 heteroatoms. The van der Waals surface area contributed by atoms with Crippen LogP contribution in [0, 0.1) is 0 Å². The molecule has 0 heterocycles. The zero-order valence-electron chi connectivity index (χ0n) is 5.49. The van der Waals surface area contributed by atoms with Crippen LogP contribution in [0.3, 0.4) is 0 Å². The van der Waals surface area contributed by atoms with Crippen LogP contribution in [0.5, 0.6) is 0 Å². The van der Waals surface area contributed by atoms with Crippen LogP contribution in [0.25, 0.3) is 0 Å². The summed E-state index contributed by atoms with van der Waals surface area (Å²) < 4.78 is 34.6. The van der Waals surface area contributed by atoms with E-state index in [0.29, 0.717) is 0 Å². The van der Waals surface area contributed by atoms with Gasteiger partial charge in [0.2, 0.25) is 0 Å². The molecule has 40 valence electrons. The van der Waals surface area contributed by atoms with E-state index in [1.807, 2.05) is 0 Å². The average Bonchev–Trinajstić information content (AvgIpc) is 0.722. The van der Waals surface area contributed by atoms with Gasteiger partial charge in [0.05, 0.1) is 0 Å². The van der Waals surface area contributed by atoms with Gasteiger partial charge >= 0.3 is 187 Å². The Morgan fingerprint density at radius 1 is 0.889 bits per heavy atom. The standard InChI is InChI=1S/FH.3K.4O.Sb/h1H;;;;;;;;/q;3*+1;;3*-1;. The summed E-state index contributed by atoms with van der Waals surface area (Å²) in [7, 11) is 0. The molecule has 0 radical (unpaired) electrons. The summed E-state index contributed by atoms with van der Waals surface area (Å²) in [6, 6.07) is 0. The number of rotatable bonds is 0. The van der Waals surface area contributed by atoms with Gasteiger partial charge < -0.3 is 0 Å². The predicted octanol–water partition coefficient (Wildman–Crippen LogP) is -12.9. The monoisotopic (exact) mass is 322 g/mol. The minimum atomic E-state index is -6.10. The second-order valence-corrected chi connectivity index (χ2v) is 3.00. The topological polar surface area (TPSA) is 86.2 Å². The van der Waals surface area contributed by atoms with E-state index in [1.165, 1.54) is 0 Å². The Kier molecular flexibility index (Phi) is 51.3. The quantitative estimate of drug-likeness (QED) is 0.414. The zero-order valence-corrected chi connectivity index (χ0v) is 17.4. The molecule has 0 aromatic heterocycles. The zero-order chi connectivity index (χ0) is 4.50. The predicted molar refractivity (Wildman–Crippen MR) is 8.94 cm³/mol. The van der Waals surface area contributed by atoms with E-state index in [1.54, 1.807) is 0 Å². The van der Waals surface area contributed by atoms with E-state index < -0.39 is 20.1 Å². The van der Waals surface area contributed by atoms with Crippen molar-refractivity contribution < 1.29 is 172 Å². The Morgan fingerprint density at radius 3 is 0.889 bits per heavy atom. The van der Waals surface area contributed by atoms with Crippen LogP contribution >= 0.6 is 0 Å². The first-order valence-corrected chi connectivity index (χ1v) is 4.90. The fourth-order valence-electron chi connectivity index (χ4n) is 0. The molecule has 0 aromatic carbocycles. The normalized spacial score (nSPS) is 6.56. The molecule has 9 heavy (non-hydrogen) atoms. The minimum absolute atomic E-state index is 0. The molecule has 0 bridgehead atoms. The molecular weight excluding hydrogens is 322 g/mol. The van der Waals surface area contributed by atoms with E-state index >= 15 is 0 Å². The van der Waals surface area contributed by atoms with Gasteiger partial charge in [-0.2, -0.15) is 0 Å². The summed E-state index contributed by atoms with van der Waals surface area (Å²) in [6.45, 7) is 0. The molecular formula is HFK3O4Sb. The van der Waals surface area contributed by atoms with Gasteiger partial charge in [-0.15, -0.1) is 0 Å². The Morgan fingerprint density at radius 2 is 0.889 bits per heavy atom. The number of hydrogen-bond donors (Lipinski definition) is 0. The third kappa shape index (κ3) is 60.2. The molecule has 4 nitrogen and oxygen atoms in total. The summed E-state index contributed by atoms with van der Waals surface area (Å²) >= 11 is -6.10. The molecule has 0 saturated carbocycles. The van der Waals surface area contributed by atoms with Gasteiger partial charge in [0.15, 0.2) is 0 Å². The molecule has 0 spiro atoms. The fraction of sp³-hybridized carbons (Fsp3) is 0. The molecule has 0 aromatic rings. The summed E-state index contributed by atoms with van der Waals surface area (Å²) in [4.78, 5) is 0. The molecule has 0 unspecified atom stereocenters. The average molecular weight is 323 g/mol. The molecule has 0 N–H and O–H groups in total. The van der Waals surface area contributed by atoms with Gasteiger partial charge in [-0.1, -0.05) is 0 Å². The number of hydrogen-bond acceptors (Lipinski definition) is 4. The second-order valence-electron chi connectivity index (χ2n) is 0.447. The molecule has 0 aliphatic heterocycles. The Labute approximate surface area is 185 Å². The van der Waals surface area contributed by atoms with E-state index in [-0.39, 0.29) is 159 Å². The molecule has 0 aliphatic rings. The Hall–Kier alpha value is 5.34. The molecule has 0 saturated heterocycles. The fourth-order valence-corrected chi connectivity index (χ4v) is 0. The first-order valence-electron chi connectivity index (χ1n) is 0.730. The van der Waals surface area contributed by atoms with Crippen molar-refractivity contribution in [1.29, 1.82) is 0 Å². The summed E-state index contributed by atoms with van der Waals surface area (Å²) in [6.07, 6.45) is 0. The van der Waals surface area contributed by atoms with Crippen molar-refractivity contribution in [1.82, 2.24) is 0 Å². The summed E-state index contributed by atoms with van der Waals surface area (Å²) in [5.41, 5.74) is 0. The van der Waals surface area contributed by atoms with Crippen LogP contribution in [0.1, 0.15) is 0 Å². The van der Waals surface area contributed by atoms with E-state index in [2.05, 4.69) is 0 Å². The molecule has 0 fully saturated rings. The van der Waals surface area contributed by atoms with E-state index in [9.17, 15) is 0 Å². The first kappa shape index (κ1) is 29.3. The van der Waals surface area contributed by atoms with Gasteiger partial charge in [-0.05, 0) is 0 Å². The number of halogens is 1. The molecule has 0 aliphatic carbocycles. The molecule has 0 rings (SSSR count). The second kappa shape index (κ2) is 15.8. The first-order chi connectivity index (χ1) is 2.00. The van der Waals surface area contributed by atoms with Crippen LogP contribution in [0.2, 0.25) is 0 Å². The van der Waals surface area contributed by atoms with E-state index in [0.717, 1.165) is 0 Å². The Bertz CT molecular complexity index is 61.9. The van der Waals surface area contributed by atoms with Gasteiger partial charge in [-0.25, -0.2) is 0 Å². The SMILES string of the molecule is F.[K+].[K+].[K+].[O]=[Sb]([O-])([O-])[O-]. The summed E-state index contributed by atoms with van der Waals surface area (Å²) in [5.74, 6) is 0. The third-order valence-electron chi connectivity index (χ3n) is 0. The maximum absolute atomic E-state index is 8.64. The van der Waals surface area contributed by atoms with Crippen LogP contribution in [0.4, 0.5) is 4.70 Å². The van der Waals surface area contributed by atoms with Crippen molar-refractivity contribution in [2.75, 3.05) is 0 Å². The third-order valence-corrected chi connectivity index (χ3v) is 0. The van der Waals surface area contributed by atoms with Crippen LogP contribution in [-0.2, 0) is 3.02 Å². The van der Waals surface area contributed by atoms with Crippen molar-refractivity contribution >= 4 is 20.1 Å². The van der Waals surface area contributed by atoms with Crippen molar-refractivity contribution in [2.24, 2.45) is 0 Å². The van der Waals surface area contributed by atoms with Crippen molar-refractivity contribution in [3.63, 3.8) is 0 Å². The van der Waals surface area contributed by atoms with Gasteiger partial charge in [0.1, 0.15) is 0 Å². The van der Waals surface area contributed by atoms with Gasteiger partial charge in [-0.3, -0.25) is 4.70 Å². The Balaban J connectivity index is -0.0000000133. The summed E-state index contributed by atoms with van der Waals surface area (Å²) in [5, 5.41) is 0. The van der Waals surface area contributed by atoms with Crippen molar-refractivity contribution in [2.45, 2.75) is 0 Å².